The van der Waals surface area contributed by atoms with Gasteiger partial charge in [0, 0.05) is 13.1 Å². The summed E-state index contributed by atoms with van der Waals surface area (Å²) >= 11 is 0. The largest absolute Gasteiger partial charge is 0.497 e. The Bertz CT molecular complexity index is 337. The summed E-state index contributed by atoms with van der Waals surface area (Å²) in [6.07, 6.45) is 3.08. The Morgan fingerprint density at radius 2 is 2.12 bits per heavy atom. The van der Waals surface area contributed by atoms with Crippen LogP contribution in [0.2, 0.25) is 0 Å². The Morgan fingerprint density at radius 1 is 1.35 bits per heavy atom. The fraction of sp³-hybridized carbons (Fsp3) is 0.571. The predicted octanol–water partition coefficient (Wildman–Crippen LogP) is 1.69. The molecule has 0 aliphatic carbocycles. The van der Waals surface area contributed by atoms with Gasteiger partial charge in [-0.1, -0.05) is 12.1 Å². The number of benzene rings is 1. The van der Waals surface area contributed by atoms with E-state index in [4.69, 9.17) is 4.74 Å². The van der Waals surface area contributed by atoms with Gasteiger partial charge in [-0.05, 0) is 43.5 Å². The normalized spacial score (nSPS) is 20.7. The molecule has 1 aliphatic rings. The average Bonchev–Trinajstić information content (AvgIpc) is 2.76. The molecule has 0 aromatic heterocycles. The summed E-state index contributed by atoms with van der Waals surface area (Å²) in [4.78, 5) is 2.34. The molecule has 17 heavy (non-hydrogen) atoms. The number of hydrogen-bond donors (Lipinski definition) is 1. The van der Waals surface area contributed by atoms with E-state index in [0.29, 0.717) is 0 Å². The smallest absolute Gasteiger partial charge is 0.118 e. The topological polar surface area (TPSA) is 32.7 Å². The van der Waals surface area contributed by atoms with E-state index in [0.717, 1.165) is 44.6 Å². The van der Waals surface area contributed by atoms with Gasteiger partial charge in [0.1, 0.15) is 5.75 Å². The monoisotopic (exact) mass is 235 g/mol. The molecule has 1 aromatic rings. The lowest BCUT2D eigenvalue weighted by Gasteiger charge is -2.14. The van der Waals surface area contributed by atoms with Gasteiger partial charge in [0.15, 0.2) is 0 Å². The molecule has 0 saturated carbocycles. The summed E-state index contributed by atoms with van der Waals surface area (Å²) in [5.74, 6) is 0.913. The van der Waals surface area contributed by atoms with Crippen LogP contribution in [0.1, 0.15) is 18.4 Å². The van der Waals surface area contributed by atoms with Crippen LogP contribution in [0.25, 0.3) is 0 Å². The van der Waals surface area contributed by atoms with Crippen LogP contribution in [0.4, 0.5) is 0 Å². The van der Waals surface area contributed by atoms with Crippen molar-refractivity contribution in [3.8, 4) is 5.75 Å². The highest BCUT2D eigenvalue weighted by molar-refractivity contribution is 5.27. The van der Waals surface area contributed by atoms with Gasteiger partial charge >= 0.3 is 0 Å². The quantitative estimate of drug-likeness (QED) is 0.843. The van der Waals surface area contributed by atoms with Crippen molar-refractivity contribution < 1.29 is 9.84 Å². The van der Waals surface area contributed by atoms with Gasteiger partial charge in [-0.2, -0.15) is 0 Å². The molecule has 0 spiro atoms. The first-order chi connectivity index (χ1) is 8.28. The molecule has 3 nitrogen and oxygen atoms in total. The van der Waals surface area contributed by atoms with E-state index in [-0.39, 0.29) is 6.10 Å². The van der Waals surface area contributed by atoms with Crippen LogP contribution in [-0.2, 0) is 6.42 Å². The average molecular weight is 235 g/mol. The maximum Gasteiger partial charge on any atom is 0.118 e. The first kappa shape index (κ1) is 12.4. The Balaban J connectivity index is 1.70. The van der Waals surface area contributed by atoms with Crippen LogP contribution in [0.15, 0.2) is 24.3 Å². The van der Waals surface area contributed by atoms with Gasteiger partial charge in [0.05, 0.1) is 13.2 Å². The van der Waals surface area contributed by atoms with E-state index >= 15 is 0 Å². The van der Waals surface area contributed by atoms with Gasteiger partial charge in [0.2, 0.25) is 0 Å². The maximum absolute atomic E-state index is 9.42. The number of aliphatic hydroxyl groups excluding tert-OH is 1. The molecule has 94 valence electrons. The Morgan fingerprint density at radius 3 is 2.71 bits per heavy atom. The van der Waals surface area contributed by atoms with Crippen molar-refractivity contribution in [2.45, 2.75) is 25.4 Å². The number of aliphatic hydroxyl groups is 1. The van der Waals surface area contributed by atoms with Gasteiger partial charge in [-0.25, -0.2) is 0 Å². The lowest BCUT2D eigenvalue weighted by molar-refractivity contribution is 0.176. The number of hydrogen-bond acceptors (Lipinski definition) is 3. The predicted molar refractivity (Wildman–Crippen MR) is 68.4 cm³/mol. The molecule has 0 radical (unpaired) electrons. The third kappa shape index (κ3) is 3.72. The summed E-state index contributed by atoms with van der Waals surface area (Å²) in [7, 11) is 1.69. The standard InChI is InChI=1S/C14H21NO2/c1-17-14-6-4-12(5-7-14)3-2-9-15-10-8-13(16)11-15/h4-7,13,16H,2-3,8-11H2,1H3/t13-/m0/s1. The van der Waals surface area contributed by atoms with E-state index in [9.17, 15) is 5.11 Å². The van der Waals surface area contributed by atoms with Crippen molar-refractivity contribution in [1.29, 1.82) is 0 Å². The van der Waals surface area contributed by atoms with E-state index < -0.39 is 0 Å². The highest BCUT2D eigenvalue weighted by Crippen LogP contribution is 2.14. The number of rotatable bonds is 5. The zero-order valence-corrected chi connectivity index (χ0v) is 10.4. The van der Waals surface area contributed by atoms with E-state index in [1.54, 1.807) is 7.11 Å². The van der Waals surface area contributed by atoms with Crippen LogP contribution in [0.5, 0.6) is 5.75 Å². The Kier molecular flexibility index (Phi) is 4.40. The van der Waals surface area contributed by atoms with Crippen LogP contribution < -0.4 is 4.74 Å². The molecule has 3 heteroatoms. The number of nitrogens with zero attached hydrogens (tertiary/aromatic N) is 1. The molecule has 1 saturated heterocycles. The minimum atomic E-state index is -0.101. The van der Waals surface area contributed by atoms with Crippen molar-refractivity contribution in [3.63, 3.8) is 0 Å². The van der Waals surface area contributed by atoms with Crippen molar-refractivity contribution >= 4 is 0 Å². The second-order valence-corrected chi connectivity index (χ2v) is 4.69. The molecule has 2 rings (SSSR count). The Labute approximate surface area is 103 Å². The van der Waals surface area contributed by atoms with Gasteiger partial charge in [0.25, 0.3) is 0 Å². The fourth-order valence-electron chi connectivity index (χ4n) is 2.31. The van der Waals surface area contributed by atoms with Gasteiger partial charge < -0.3 is 14.7 Å². The highest BCUT2D eigenvalue weighted by atomic mass is 16.5. The van der Waals surface area contributed by atoms with E-state index in [2.05, 4.69) is 17.0 Å². The minimum absolute atomic E-state index is 0.101. The Hall–Kier alpha value is -1.06. The zero-order valence-electron chi connectivity index (χ0n) is 10.4. The number of likely N-dealkylation sites (tertiary alicyclic amines) is 1. The van der Waals surface area contributed by atoms with E-state index in [1.165, 1.54) is 5.56 Å². The second-order valence-electron chi connectivity index (χ2n) is 4.69. The van der Waals surface area contributed by atoms with Crippen LogP contribution >= 0.6 is 0 Å². The van der Waals surface area contributed by atoms with Gasteiger partial charge in [-0.3, -0.25) is 0 Å². The highest BCUT2D eigenvalue weighted by Gasteiger charge is 2.18. The number of methoxy groups -OCH3 is 1. The maximum atomic E-state index is 9.42. The number of β-amino-alcohol motifs (C(OH)–C–C–N with tert-alkyl or cyclic N) is 1. The first-order valence-electron chi connectivity index (χ1n) is 6.31. The number of aryl methyl sites for hydroxylation is 1. The molecule has 1 atom stereocenters. The SMILES string of the molecule is COc1ccc(CCCN2CC[C@H](O)C2)cc1. The van der Waals surface area contributed by atoms with Crippen molar-refractivity contribution in [3.05, 3.63) is 29.8 Å². The van der Waals surface area contributed by atoms with Crippen LogP contribution in [-0.4, -0.2) is 42.9 Å². The molecule has 0 unspecified atom stereocenters. The molecular weight excluding hydrogens is 214 g/mol. The third-order valence-electron chi connectivity index (χ3n) is 3.35. The third-order valence-corrected chi connectivity index (χ3v) is 3.35. The van der Waals surface area contributed by atoms with Crippen molar-refractivity contribution in [2.24, 2.45) is 0 Å². The lowest BCUT2D eigenvalue weighted by atomic mass is 10.1. The van der Waals surface area contributed by atoms with Gasteiger partial charge in [-0.15, -0.1) is 0 Å². The second kappa shape index (κ2) is 6.03. The number of ether oxygens (including phenoxy) is 1. The molecule has 1 aromatic carbocycles. The van der Waals surface area contributed by atoms with Crippen molar-refractivity contribution in [2.75, 3.05) is 26.7 Å². The lowest BCUT2D eigenvalue weighted by Crippen LogP contribution is -2.23. The molecule has 1 heterocycles. The summed E-state index contributed by atoms with van der Waals surface area (Å²) in [5, 5.41) is 9.42. The molecular formula is C14H21NO2. The molecule has 0 amide bonds. The molecule has 1 fully saturated rings. The van der Waals surface area contributed by atoms with E-state index in [1.807, 2.05) is 12.1 Å². The summed E-state index contributed by atoms with van der Waals surface area (Å²) in [6, 6.07) is 8.26. The van der Waals surface area contributed by atoms with Crippen LogP contribution in [0, 0.1) is 0 Å². The zero-order chi connectivity index (χ0) is 12.1. The molecule has 1 N–H and O–H groups in total. The summed E-state index contributed by atoms with van der Waals surface area (Å²) < 4.78 is 5.13. The summed E-state index contributed by atoms with van der Waals surface area (Å²) in [6.45, 7) is 2.98. The molecule has 0 bridgehead atoms. The molecule has 1 aliphatic heterocycles. The minimum Gasteiger partial charge on any atom is -0.497 e. The van der Waals surface area contributed by atoms with Crippen LogP contribution in [0.3, 0.4) is 0 Å². The van der Waals surface area contributed by atoms with Crippen molar-refractivity contribution in [1.82, 2.24) is 4.90 Å². The first-order valence-corrected chi connectivity index (χ1v) is 6.31. The fourth-order valence-corrected chi connectivity index (χ4v) is 2.31. The summed E-state index contributed by atoms with van der Waals surface area (Å²) in [5.41, 5.74) is 1.35.